The molecule has 162 valence electrons. The van der Waals surface area contributed by atoms with Crippen LogP contribution in [0.5, 0.6) is 0 Å². The van der Waals surface area contributed by atoms with E-state index in [2.05, 4.69) is 20.2 Å². The van der Waals surface area contributed by atoms with Gasteiger partial charge in [-0.2, -0.15) is 0 Å². The molecule has 0 saturated carbocycles. The third-order valence-electron chi connectivity index (χ3n) is 5.77. The first-order valence-electron chi connectivity index (χ1n) is 10.3. The number of pyridine rings is 1. The molecule has 1 fully saturated rings. The van der Waals surface area contributed by atoms with Gasteiger partial charge in [-0.3, -0.25) is 9.59 Å². The number of nitrogens with one attached hydrogen (secondary N) is 1. The van der Waals surface area contributed by atoms with Crippen molar-refractivity contribution in [3.8, 4) is 16.9 Å². The molecule has 1 saturated heterocycles. The number of carbonyl (C=O) groups is 1. The van der Waals surface area contributed by atoms with Crippen molar-refractivity contribution in [2.24, 2.45) is 0 Å². The molecule has 1 aliphatic heterocycles. The summed E-state index contributed by atoms with van der Waals surface area (Å²) in [7, 11) is 2.05. The Kier molecular flexibility index (Phi) is 5.02. The number of H-pyrrole nitrogens is 1. The van der Waals surface area contributed by atoms with E-state index in [4.69, 9.17) is 0 Å². The van der Waals surface area contributed by atoms with Crippen LogP contribution in [0.25, 0.3) is 27.8 Å². The van der Waals surface area contributed by atoms with E-state index in [1.165, 1.54) is 16.8 Å². The zero-order valence-corrected chi connectivity index (χ0v) is 17.5. The van der Waals surface area contributed by atoms with E-state index in [-0.39, 0.29) is 17.0 Å². The van der Waals surface area contributed by atoms with E-state index in [0.717, 1.165) is 13.1 Å². The molecule has 1 amide bonds. The average Bonchev–Trinajstić information content (AvgIpc) is 3.29. The van der Waals surface area contributed by atoms with Gasteiger partial charge in [-0.25, -0.2) is 9.07 Å². The standard InChI is InChI=1S/C23H21FN6O2/c1-28-9-11-29(12-10-28)23(32)15-5-7-16(8-6-15)30-14-21(26-27-30)18-13-17-19(24)3-2-4-20(17)25-22(18)31/h2-8,13-14H,9-12H2,1H3,(H,25,31). The van der Waals surface area contributed by atoms with Crippen LogP contribution in [0.2, 0.25) is 0 Å². The number of carbonyl (C=O) groups excluding carboxylic acids is 1. The van der Waals surface area contributed by atoms with Crippen molar-refractivity contribution in [3.63, 3.8) is 0 Å². The predicted octanol–water partition coefficient (Wildman–Crippen LogP) is 2.30. The number of likely N-dealkylation sites (N-methyl/N-ethyl adjacent to an activating group) is 1. The number of aromatic nitrogens is 4. The molecular weight excluding hydrogens is 411 g/mol. The zero-order valence-electron chi connectivity index (χ0n) is 17.5. The lowest BCUT2D eigenvalue weighted by Gasteiger charge is -2.32. The van der Waals surface area contributed by atoms with Gasteiger partial charge < -0.3 is 14.8 Å². The second kappa shape index (κ2) is 8.01. The minimum atomic E-state index is -0.423. The van der Waals surface area contributed by atoms with E-state index < -0.39 is 5.82 Å². The molecule has 1 aliphatic rings. The van der Waals surface area contributed by atoms with Gasteiger partial charge in [0.25, 0.3) is 11.5 Å². The lowest BCUT2D eigenvalue weighted by molar-refractivity contribution is 0.0664. The summed E-state index contributed by atoms with van der Waals surface area (Å²) in [4.78, 5) is 31.9. The van der Waals surface area contributed by atoms with Gasteiger partial charge >= 0.3 is 0 Å². The molecule has 0 unspecified atom stereocenters. The second-order valence-electron chi connectivity index (χ2n) is 7.90. The third-order valence-corrected chi connectivity index (χ3v) is 5.77. The molecule has 0 aliphatic carbocycles. The van der Waals surface area contributed by atoms with Crippen molar-refractivity contribution in [2.45, 2.75) is 0 Å². The monoisotopic (exact) mass is 432 g/mol. The smallest absolute Gasteiger partial charge is 0.258 e. The Balaban J connectivity index is 1.40. The van der Waals surface area contributed by atoms with Gasteiger partial charge in [0.15, 0.2) is 0 Å². The number of piperazine rings is 1. The molecule has 0 bridgehead atoms. The Morgan fingerprint density at radius 1 is 1.06 bits per heavy atom. The molecule has 0 radical (unpaired) electrons. The summed E-state index contributed by atoms with van der Waals surface area (Å²) in [6.07, 6.45) is 1.61. The molecule has 2 aromatic heterocycles. The first-order chi connectivity index (χ1) is 15.5. The fourth-order valence-corrected chi connectivity index (χ4v) is 3.84. The number of halogens is 1. The number of rotatable bonds is 3. The minimum Gasteiger partial charge on any atom is -0.336 e. The summed E-state index contributed by atoms with van der Waals surface area (Å²) in [6, 6.07) is 13.1. The van der Waals surface area contributed by atoms with E-state index in [1.54, 1.807) is 42.6 Å². The van der Waals surface area contributed by atoms with Crippen LogP contribution in [0, 0.1) is 5.82 Å². The maximum Gasteiger partial charge on any atom is 0.258 e. The summed E-state index contributed by atoms with van der Waals surface area (Å²) in [6.45, 7) is 3.15. The average molecular weight is 432 g/mol. The summed E-state index contributed by atoms with van der Waals surface area (Å²) in [5.41, 5.74) is 1.92. The summed E-state index contributed by atoms with van der Waals surface area (Å²) in [5.74, 6) is -0.415. The first-order valence-corrected chi connectivity index (χ1v) is 10.3. The second-order valence-corrected chi connectivity index (χ2v) is 7.90. The van der Waals surface area contributed by atoms with Crippen molar-refractivity contribution in [1.82, 2.24) is 29.8 Å². The Morgan fingerprint density at radius 3 is 2.56 bits per heavy atom. The Labute approximate surface area is 182 Å². The number of amides is 1. The Morgan fingerprint density at radius 2 is 1.81 bits per heavy atom. The zero-order chi connectivity index (χ0) is 22.2. The molecule has 2 aromatic carbocycles. The van der Waals surface area contributed by atoms with Crippen LogP contribution in [0.3, 0.4) is 0 Å². The number of benzene rings is 2. The highest BCUT2D eigenvalue weighted by Crippen LogP contribution is 2.21. The van der Waals surface area contributed by atoms with Crippen molar-refractivity contribution in [2.75, 3.05) is 33.2 Å². The van der Waals surface area contributed by atoms with Crippen molar-refractivity contribution >= 4 is 16.8 Å². The highest BCUT2D eigenvalue weighted by atomic mass is 19.1. The number of nitrogens with zero attached hydrogens (tertiary/aromatic N) is 5. The first kappa shape index (κ1) is 20.1. The van der Waals surface area contributed by atoms with Gasteiger partial charge in [0, 0.05) is 37.1 Å². The molecule has 8 nitrogen and oxygen atoms in total. The fraction of sp³-hybridized carbons (Fsp3) is 0.217. The highest BCUT2D eigenvalue weighted by molar-refractivity contribution is 5.94. The van der Waals surface area contributed by atoms with Gasteiger partial charge in [0.2, 0.25) is 0 Å². The van der Waals surface area contributed by atoms with Gasteiger partial charge in [0.05, 0.1) is 23.0 Å². The van der Waals surface area contributed by atoms with Gasteiger partial charge in [-0.15, -0.1) is 5.10 Å². The highest BCUT2D eigenvalue weighted by Gasteiger charge is 2.20. The quantitative estimate of drug-likeness (QED) is 0.537. The molecule has 9 heteroatoms. The van der Waals surface area contributed by atoms with E-state index >= 15 is 0 Å². The Bertz CT molecular complexity index is 1350. The maximum absolute atomic E-state index is 14.1. The summed E-state index contributed by atoms with van der Waals surface area (Å²) < 4.78 is 15.7. The Hall–Kier alpha value is -3.85. The lowest BCUT2D eigenvalue weighted by atomic mass is 10.1. The van der Waals surface area contributed by atoms with Crippen molar-refractivity contribution in [3.05, 3.63) is 76.5 Å². The molecule has 0 atom stereocenters. The van der Waals surface area contributed by atoms with Crippen LogP contribution >= 0.6 is 0 Å². The number of hydrogen-bond acceptors (Lipinski definition) is 5. The predicted molar refractivity (Wildman–Crippen MR) is 118 cm³/mol. The van der Waals surface area contributed by atoms with Crippen molar-refractivity contribution < 1.29 is 9.18 Å². The third kappa shape index (κ3) is 3.67. The SMILES string of the molecule is CN1CCN(C(=O)c2ccc(-n3cc(-c4cc5c(F)cccc5[nH]c4=O)nn3)cc2)CC1. The molecule has 32 heavy (non-hydrogen) atoms. The maximum atomic E-state index is 14.1. The van der Waals surface area contributed by atoms with Gasteiger partial charge in [-0.1, -0.05) is 11.3 Å². The van der Waals surface area contributed by atoms with Crippen LogP contribution in [0.15, 0.2) is 59.5 Å². The van der Waals surface area contributed by atoms with E-state index in [9.17, 15) is 14.0 Å². The lowest BCUT2D eigenvalue weighted by Crippen LogP contribution is -2.47. The largest absolute Gasteiger partial charge is 0.336 e. The summed E-state index contributed by atoms with van der Waals surface area (Å²) >= 11 is 0. The van der Waals surface area contributed by atoms with Crippen LogP contribution in [-0.2, 0) is 0 Å². The number of hydrogen-bond donors (Lipinski definition) is 1. The van der Waals surface area contributed by atoms with Crippen LogP contribution in [0.4, 0.5) is 4.39 Å². The number of aromatic amines is 1. The van der Waals surface area contributed by atoms with Crippen LogP contribution in [-0.4, -0.2) is 68.9 Å². The van der Waals surface area contributed by atoms with Crippen LogP contribution in [0.1, 0.15) is 10.4 Å². The molecular formula is C23H21FN6O2. The topological polar surface area (TPSA) is 87.1 Å². The van der Waals surface area contributed by atoms with Gasteiger partial charge in [0.1, 0.15) is 11.5 Å². The van der Waals surface area contributed by atoms with E-state index in [0.29, 0.717) is 40.9 Å². The normalized spacial score (nSPS) is 14.8. The molecule has 0 spiro atoms. The molecule has 3 heterocycles. The van der Waals surface area contributed by atoms with Crippen molar-refractivity contribution in [1.29, 1.82) is 0 Å². The molecule has 4 aromatic rings. The minimum absolute atomic E-state index is 0.00801. The van der Waals surface area contributed by atoms with E-state index in [1.807, 2.05) is 11.9 Å². The molecule has 1 N–H and O–H groups in total. The van der Waals surface area contributed by atoms with Gasteiger partial charge in [-0.05, 0) is 49.5 Å². The van der Waals surface area contributed by atoms with Crippen LogP contribution < -0.4 is 5.56 Å². The molecule has 5 rings (SSSR count). The summed E-state index contributed by atoms with van der Waals surface area (Å²) in [5, 5.41) is 8.50. The fourth-order valence-electron chi connectivity index (χ4n) is 3.84. The number of fused-ring (bicyclic) bond motifs is 1.